The topological polar surface area (TPSA) is 71.5 Å². The minimum absolute atomic E-state index is 0.0219. The molecule has 0 saturated carbocycles. The summed E-state index contributed by atoms with van der Waals surface area (Å²) in [6.45, 7) is 2.47. The predicted molar refractivity (Wildman–Crippen MR) is 104 cm³/mol. The lowest BCUT2D eigenvalue weighted by Crippen LogP contribution is -2.41. The lowest BCUT2D eigenvalue weighted by atomic mass is 10.0. The molecule has 0 N–H and O–H groups in total. The number of rotatable bonds is 4. The van der Waals surface area contributed by atoms with Crippen molar-refractivity contribution in [3.63, 3.8) is 0 Å². The van der Waals surface area contributed by atoms with Gasteiger partial charge in [0.1, 0.15) is 0 Å². The molecule has 0 aromatic heterocycles. The maximum Gasteiger partial charge on any atom is 0.254 e. The second-order valence-corrected chi connectivity index (χ2v) is 9.42. The maximum absolute atomic E-state index is 13.1. The summed E-state index contributed by atoms with van der Waals surface area (Å²) in [4.78, 5) is 27.5. The zero-order valence-electron chi connectivity index (χ0n) is 15.1. The molecule has 27 heavy (non-hydrogen) atoms. The summed E-state index contributed by atoms with van der Waals surface area (Å²) < 4.78 is 23.7. The quantitative estimate of drug-likeness (QED) is 0.694. The first-order valence-electron chi connectivity index (χ1n) is 9.21. The van der Waals surface area contributed by atoms with Crippen LogP contribution in [0.5, 0.6) is 0 Å². The smallest absolute Gasteiger partial charge is 0.254 e. The molecule has 1 amide bonds. The Balaban J connectivity index is 1.67. The van der Waals surface area contributed by atoms with E-state index in [1.807, 2.05) is 31.2 Å². The highest BCUT2D eigenvalue weighted by molar-refractivity contribution is 7.91. The lowest BCUT2D eigenvalue weighted by molar-refractivity contribution is 0.0697. The number of carbonyl (C=O) groups is 2. The first-order valence-corrected chi connectivity index (χ1v) is 11.0. The molecule has 1 unspecified atom stereocenters. The maximum atomic E-state index is 13.1. The van der Waals surface area contributed by atoms with Gasteiger partial charge in [-0.25, -0.2) is 8.42 Å². The largest absolute Gasteiger partial charge is 0.335 e. The first kappa shape index (κ1) is 17.9. The van der Waals surface area contributed by atoms with E-state index in [4.69, 9.17) is 0 Å². The number of hydrogen-bond acceptors (Lipinski definition) is 4. The van der Waals surface area contributed by atoms with Gasteiger partial charge < -0.3 is 4.90 Å². The van der Waals surface area contributed by atoms with Crippen LogP contribution in [0.15, 0.2) is 42.5 Å². The van der Waals surface area contributed by atoms with E-state index in [0.717, 1.165) is 17.5 Å². The molecule has 0 bridgehead atoms. The molecule has 6 heteroatoms. The molecule has 0 radical (unpaired) electrons. The SMILES string of the molecule is CCCN(C(=O)c1ccc2c(c1)C(=O)c1ccccc1-2)C1CCS(=O)(=O)C1. The van der Waals surface area contributed by atoms with Crippen molar-refractivity contribution in [3.05, 3.63) is 59.2 Å². The summed E-state index contributed by atoms with van der Waals surface area (Å²) in [7, 11) is -3.08. The average molecular weight is 383 g/mol. The molecule has 1 saturated heterocycles. The van der Waals surface area contributed by atoms with Crippen molar-refractivity contribution < 1.29 is 18.0 Å². The number of sulfone groups is 1. The van der Waals surface area contributed by atoms with Crippen LogP contribution in [0.4, 0.5) is 0 Å². The fourth-order valence-electron chi connectivity index (χ4n) is 4.04. The second-order valence-electron chi connectivity index (χ2n) is 7.19. The van der Waals surface area contributed by atoms with Gasteiger partial charge in [0.15, 0.2) is 15.6 Å². The second kappa shape index (κ2) is 6.60. The van der Waals surface area contributed by atoms with Gasteiger partial charge in [-0.3, -0.25) is 9.59 Å². The number of ketones is 1. The zero-order valence-corrected chi connectivity index (χ0v) is 16.0. The number of fused-ring (bicyclic) bond motifs is 3. The number of benzene rings is 2. The fraction of sp³-hybridized carbons (Fsp3) is 0.333. The monoisotopic (exact) mass is 383 g/mol. The van der Waals surface area contributed by atoms with E-state index in [0.29, 0.717) is 29.7 Å². The molecule has 1 heterocycles. The van der Waals surface area contributed by atoms with E-state index in [-0.39, 0.29) is 29.2 Å². The molecule has 1 atom stereocenters. The summed E-state index contributed by atoms with van der Waals surface area (Å²) in [5.74, 6) is -0.122. The van der Waals surface area contributed by atoms with Crippen LogP contribution >= 0.6 is 0 Å². The molecule has 0 spiro atoms. The van der Waals surface area contributed by atoms with E-state index < -0.39 is 9.84 Å². The molecular weight excluding hydrogens is 362 g/mol. The van der Waals surface area contributed by atoms with E-state index in [2.05, 4.69) is 0 Å². The van der Waals surface area contributed by atoms with Gasteiger partial charge in [-0.2, -0.15) is 0 Å². The number of amides is 1. The van der Waals surface area contributed by atoms with Crippen LogP contribution in [0, 0.1) is 0 Å². The number of nitrogens with zero attached hydrogens (tertiary/aromatic N) is 1. The van der Waals surface area contributed by atoms with Crippen LogP contribution < -0.4 is 0 Å². The third-order valence-corrected chi connectivity index (χ3v) is 7.10. The van der Waals surface area contributed by atoms with Gasteiger partial charge in [0.2, 0.25) is 0 Å². The Morgan fingerprint density at radius 1 is 1.07 bits per heavy atom. The molecule has 2 aromatic rings. The standard InChI is InChI=1S/C21H21NO4S/c1-2-10-22(15-9-11-27(25,26)13-15)21(24)14-7-8-17-16-5-3-4-6-18(16)20(23)19(17)12-14/h3-8,12,15H,2,9-11,13H2,1H3. The van der Waals surface area contributed by atoms with Crippen molar-refractivity contribution in [2.75, 3.05) is 18.1 Å². The van der Waals surface area contributed by atoms with Crippen molar-refractivity contribution in [1.82, 2.24) is 4.90 Å². The van der Waals surface area contributed by atoms with Crippen LogP contribution in [0.25, 0.3) is 11.1 Å². The Labute approximate surface area is 158 Å². The molecule has 140 valence electrons. The van der Waals surface area contributed by atoms with Crippen LogP contribution in [0.2, 0.25) is 0 Å². The third kappa shape index (κ3) is 3.08. The van der Waals surface area contributed by atoms with Gasteiger partial charge in [-0.05, 0) is 36.1 Å². The van der Waals surface area contributed by atoms with Gasteiger partial charge in [0, 0.05) is 29.3 Å². The van der Waals surface area contributed by atoms with E-state index in [1.165, 1.54) is 0 Å². The highest BCUT2D eigenvalue weighted by Gasteiger charge is 2.35. The fourth-order valence-corrected chi connectivity index (χ4v) is 5.77. The summed E-state index contributed by atoms with van der Waals surface area (Å²) in [5, 5.41) is 0. The molecule has 4 rings (SSSR count). The molecule has 2 aliphatic rings. The first-order chi connectivity index (χ1) is 12.9. The van der Waals surface area contributed by atoms with Gasteiger partial charge in [0.05, 0.1) is 11.5 Å². The molecule has 5 nitrogen and oxygen atoms in total. The Hall–Kier alpha value is -2.47. The zero-order chi connectivity index (χ0) is 19.2. The Kier molecular flexibility index (Phi) is 4.38. The highest BCUT2D eigenvalue weighted by atomic mass is 32.2. The Morgan fingerprint density at radius 3 is 2.44 bits per heavy atom. The van der Waals surface area contributed by atoms with Gasteiger partial charge >= 0.3 is 0 Å². The molecule has 1 aliphatic heterocycles. The minimum Gasteiger partial charge on any atom is -0.335 e. The van der Waals surface area contributed by atoms with E-state index in [1.54, 1.807) is 23.1 Å². The summed E-state index contributed by atoms with van der Waals surface area (Å²) in [6.07, 6.45) is 1.22. The van der Waals surface area contributed by atoms with Crippen LogP contribution in [0.3, 0.4) is 0 Å². The van der Waals surface area contributed by atoms with Crippen molar-refractivity contribution >= 4 is 21.5 Å². The van der Waals surface area contributed by atoms with Gasteiger partial charge in [-0.1, -0.05) is 37.3 Å². The molecule has 2 aromatic carbocycles. The van der Waals surface area contributed by atoms with Crippen LogP contribution in [-0.2, 0) is 9.84 Å². The van der Waals surface area contributed by atoms with Crippen molar-refractivity contribution in [3.8, 4) is 11.1 Å². The van der Waals surface area contributed by atoms with Gasteiger partial charge in [0.25, 0.3) is 5.91 Å². The molecular formula is C21H21NO4S. The number of carbonyl (C=O) groups excluding carboxylic acids is 2. The van der Waals surface area contributed by atoms with Crippen LogP contribution in [-0.4, -0.2) is 49.1 Å². The molecule has 1 aliphatic carbocycles. The Bertz CT molecular complexity index is 1040. The van der Waals surface area contributed by atoms with Crippen molar-refractivity contribution in [2.24, 2.45) is 0 Å². The minimum atomic E-state index is -3.08. The normalized spacial score (nSPS) is 19.6. The van der Waals surface area contributed by atoms with Crippen LogP contribution in [0.1, 0.15) is 46.0 Å². The summed E-state index contributed by atoms with van der Waals surface area (Å²) >= 11 is 0. The van der Waals surface area contributed by atoms with Crippen molar-refractivity contribution in [2.45, 2.75) is 25.8 Å². The lowest BCUT2D eigenvalue weighted by Gasteiger charge is -2.28. The Morgan fingerprint density at radius 2 is 1.78 bits per heavy atom. The summed E-state index contributed by atoms with van der Waals surface area (Å²) in [6, 6.07) is 12.4. The van der Waals surface area contributed by atoms with E-state index >= 15 is 0 Å². The third-order valence-electron chi connectivity index (χ3n) is 5.35. The predicted octanol–water partition coefficient (Wildman–Crippen LogP) is 2.94. The molecule has 1 fully saturated rings. The highest BCUT2D eigenvalue weighted by Crippen LogP contribution is 2.37. The van der Waals surface area contributed by atoms with E-state index in [9.17, 15) is 18.0 Å². The number of hydrogen-bond donors (Lipinski definition) is 0. The van der Waals surface area contributed by atoms with Crippen molar-refractivity contribution in [1.29, 1.82) is 0 Å². The average Bonchev–Trinajstić information content (AvgIpc) is 3.17. The summed E-state index contributed by atoms with van der Waals surface area (Å²) in [5.41, 5.74) is 3.37. The van der Waals surface area contributed by atoms with Gasteiger partial charge in [-0.15, -0.1) is 0 Å².